The lowest BCUT2D eigenvalue weighted by Crippen LogP contribution is -2.24. The monoisotopic (exact) mass is 329 g/mol. The average molecular weight is 329 g/mol. The first kappa shape index (κ1) is 16.9. The number of methoxy groups -OCH3 is 1. The number of carbonyl (C=O) groups excluding carboxylic acids is 1. The molecule has 0 atom stereocenters. The van der Waals surface area contributed by atoms with E-state index in [9.17, 15) is 14.9 Å². The zero-order chi connectivity index (χ0) is 17.4. The van der Waals surface area contributed by atoms with E-state index in [0.717, 1.165) is 0 Å². The van der Waals surface area contributed by atoms with Crippen molar-refractivity contribution in [3.05, 3.63) is 64.2 Å². The molecule has 0 aromatic heterocycles. The van der Waals surface area contributed by atoms with E-state index in [1.165, 1.54) is 25.5 Å². The number of hydrogen-bond donors (Lipinski definition) is 1. The Hall–Kier alpha value is -3.42. The fourth-order valence-electron chi connectivity index (χ4n) is 1.85. The quantitative estimate of drug-likeness (QED) is 0.476. The number of hydrazone groups is 1. The molecule has 0 heterocycles. The summed E-state index contributed by atoms with van der Waals surface area (Å²) in [6.07, 6.45) is 1.21. The largest absolute Gasteiger partial charge is 0.493 e. The Morgan fingerprint density at radius 1 is 1.21 bits per heavy atom. The topological polar surface area (TPSA) is 103 Å². The molecule has 24 heavy (non-hydrogen) atoms. The van der Waals surface area contributed by atoms with Crippen LogP contribution in [-0.4, -0.2) is 30.8 Å². The van der Waals surface area contributed by atoms with Gasteiger partial charge in [0.15, 0.2) is 18.1 Å². The second kappa shape index (κ2) is 8.28. The maximum absolute atomic E-state index is 11.7. The van der Waals surface area contributed by atoms with Crippen LogP contribution in [0.25, 0.3) is 0 Å². The van der Waals surface area contributed by atoms with Crippen LogP contribution < -0.4 is 14.9 Å². The molecule has 8 nitrogen and oxygen atoms in total. The number of ether oxygens (including phenoxy) is 2. The molecule has 0 bridgehead atoms. The molecule has 1 N–H and O–H groups in total. The van der Waals surface area contributed by atoms with Crippen LogP contribution in [0.3, 0.4) is 0 Å². The summed E-state index contributed by atoms with van der Waals surface area (Å²) in [6, 6.07) is 13.0. The minimum Gasteiger partial charge on any atom is -0.493 e. The Bertz CT molecular complexity index is 761. The molecule has 0 aliphatic heterocycles. The molecule has 124 valence electrons. The molecule has 2 rings (SSSR count). The summed E-state index contributed by atoms with van der Waals surface area (Å²) < 4.78 is 10.4. The van der Waals surface area contributed by atoms with Crippen molar-refractivity contribution >= 4 is 17.8 Å². The van der Waals surface area contributed by atoms with Gasteiger partial charge in [-0.25, -0.2) is 5.43 Å². The van der Waals surface area contributed by atoms with Crippen LogP contribution in [0, 0.1) is 10.1 Å². The summed E-state index contributed by atoms with van der Waals surface area (Å²) >= 11 is 0. The smallest absolute Gasteiger partial charge is 0.278 e. The minimum atomic E-state index is -0.520. The molecular weight excluding hydrogens is 314 g/mol. The number of amides is 1. The summed E-state index contributed by atoms with van der Waals surface area (Å²) in [5, 5.41) is 14.6. The van der Waals surface area contributed by atoms with E-state index in [4.69, 9.17) is 9.47 Å². The second-order valence-electron chi connectivity index (χ2n) is 4.55. The lowest BCUT2D eigenvalue weighted by molar-refractivity contribution is -0.385. The number of nitro groups is 1. The highest BCUT2D eigenvalue weighted by Crippen LogP contribution is 2.25. The van der Waals surface area contributed by atoms with E-state index in [2.05, 4.69) is 10.5 Å². The molecule has 0 fully saturated rings. The highest BCUT2D eigenvalue weighted by atomic mass is 16.6. The highest BCUT2D eigenvalue weighted by molar-refractivity contribution is 5.86. The van der Waals surface area contributed by atoms with Crippen LogP contribution in [-0.2, 0) is 4.79 Å². The molecule has 8 heteroatoms. The summed E-state index contributed by atoms with van der Waals surface area (Å²) in [7, 11) is 1.50. The van der Waals surface area contributed by atoms with Crippen molar-refractivity contribution < 1.29 is 19.2 Å². The van der Waals surface area contributed by atoms with Gasteiger partial charge in [0.25, 0.3) is 11.6 Å². The van der Waals surface area contributed by atoms with Crippen molar-refractivity contribution in [3.63, 3.8) is 0 Å². The maximum atomic E-state index is 11.7. The van der Waals surface area contributed by atoms with Gasteiger partial charge in [0.1, 0.15) is 0 Å². The maximum Gasteiger partial charge on any atom is 0.278 e. The minimum absolute atomic E-state index is 0.0965. The normalized spacial score (nSPS) is 10.4. The number of rotatable bonds is 7. The van der Waals surface area contributed by atoms with E-state index < -0.39 is 10.8 Å². The van der Waals surface area contributed by atoms with E-state index >= 15 is 0 Å². The number of para-hydroxylation sites is 3. The first-order valence-corrected chi connectivity index (χ1v) is 6.93. The molecule has 0 aliphatic rings. The van der Waals surface area contributed by atoms with Crippen LogP contribution in [0.4, 0.5) is 5.69 Å². The summed E-state index contributed by atoms with van der Waals surface area (Å²) in [5.41, 5.74) is 2.44. The molecule has 0 aliphatic carbocycles. The molecule has 0 spiro atoms. The number of benzene rings is 2. The third-order valence-corrected chi connectivity index (χ3v) is 2.95. The summed E-state index contributed by atoms with van der Waals surface area (Å²) in [4.78, 5) is 22.0. The van der Waals surface area contributed by atoms with Crippen molar-refractivity contribution in [2.75, 3.05) is 13.7 Å². The highest BCUT2D eigenvalue weighted by Gasteiger charge is 2.10. The number of nitro benzene ring substituents is 1. The van der Waals surface area contributed by atoms with Crippen molar-refractivity contribution in [3.8, 4) is 11.5 Å². The number of nitrogens with one attached hydrogen (secondary N) is 1. The lowest BCUT2D eigenvalue weighted by atomic mass is 10.2. The van der Waals surface area contributed by atoms with Gasteiger partial charge < -0.3 is 9.47 Å². The van der Waals surface area contributed by atoms with Gasteiger partial charge in [-0.1, -0.05) is 24.3 Å². The Labute approximate surface area is 137 Å². The molecule has 0 radical (unpaired) electrons. The Morgan fingerprint density at radius 2 is 1.88 bits per heavy atom. The van der Waals surface area contributed by atoms with E-state index in [1.807, 2.05) is 0 Å². The lowest BCUT2D eigenvalue weighted by Gasteiger charge is -2.09. The van der Waals surface area contributed by atoms with Gasteiger partial charge in [0, 0.05) is 6.07 Å². The third-order valence-electron chi connectivity index (χ3n) is 2.95. The molecule has 2 aromatic rings. The van der Waals surface area contributed by atoms with Crippen LogP contribution in [0.15, 0.2) is 53.6 Å². The van der Waals surface area contributed by atoms with E-state index in [-0.39, 0.29) is 17.9 Å². The molecular formula is C16H15N3O5. The number of carbonyl (C=O) groups is 1. The van der Waals surface area contributed by atoms with E-state index in [0.29, 0.717) is 11.5 Å². The van der Waals surface area contributed by atoms with Crippen molar-refractivity contribution in [2.45, 2.75) is 0 Å². The van der Waals surface area contributed by atoms with Gasteiger partial charge in [-0.2, -0.15) is 5.10 Å². The van der Waals surface area contributed by atoms with Crippen molar-refractivity contribution in [1.29, 1.82) is 0 Å². The predicted octanol–water partition coefficient (Wildman–Crippen LogP) is 2.13. The van der Waals surface area contributed by atoms with Crippen LogP contribution >= 0.6 is 0 Å². The fraction of sp³-hybridized carbons (Fsp3) is 0.125. The Balaban J connectivity index is 1.91. The second-order valence-corrected chi connectivity index (χ2v) is 4.55. The van der Waals surface area contributed by atoms with Crippen LogP contribution in [0.5, 0.6) is 11.5 Å². The molecule has 0 saturated heterocycles. The van der Waals surface area contributed by atoms with Crippen molar-refractivity contribution in [2.24, 2.45) is 5.10 Å². The molecule has 0 saturated carbocycles. The SMILES string of the molecule is COc1ccccc1OCC(=O)N/N=C\c1ccccc1[N+](=O)[O-]. The predicted molar refractivity (Wildman–Crippen MR) is 87.3 cm³/mol. The standard InChI is InChI=1S/C16H15N3O5/c1-23-14-8-4-5-9-15(14)24-11-16(20)18-17-10-12-6-2-3-7-13(12)19(21)22/h2-10H,11H2,1H3,(H,18,20)/b17-10-. The fourth-order valence-corrected chi connectivity index (χ4v) is 1.85. The van der Waals surface area contributed by atoms with Crippen molar-refractivity contribution in [1.82, 2.24) is 5.43 Å². The number of nitrogens with zero attached hydrogens (tertiary/aromatic N) is 2. The molecule has 2 aromatic carbocycles. The van der Waals surface area contributed by atoms with Gasteiger partial charge in [-0.3, -0.25) is 14.9 Å². The molecule has 1 amide bonds. The Morgan fingerprint density at radius 3 is 2.58 bits per heavy atom. The first-order valence-electron chi connectivity index (χ1n) is 6.93. The van der Waals surface area contributed by atoms with Gasteiger partial charge in [0.2, 0.25) is 0 Å². The third kappa shape index (κ3) is 4.54. The van der Waals surface area contributed by atoms with E-state index in [1.54, 1.807) is 36.4 Å². The Kier molecular flexibility index (Phi) is 5.84. The summed E-state index contributed by atoms with van der Waals surface area (Å²) in [6.45, 7) is -0.269. The van der Waals surface area contributed by atoms with Gasteiger partial charge in [-0.15, -0.1) is 0 Å². The zero-order valence-electron chi connectivity index (χ0n) is 12.8. The van der Waals surface area contributed by atoms with Crippen LogP contribution in [0.1, 0.15) is 5.56 Å². The summed E-state index contributed by atoms with van der Waals surface area (Å²) in [5.74, 6) is 0.433. The first-order chi connectivity index (χ1) is 11.6. The van der Waals surface area contributed by atoms with Crippen LogP contribution in [0.2, 0.25) is 0 Å². The average Bonchev–Trinajstić information content (AvgIpc) is 2.60. The van der Waals surface area contributed by atoms with Gasteiger partial charge >= 0.3 is 0 Å². The van der Waals surface area contributed by atoms with Gasteiger partial charge in [0.05, 0.1) is 23.8 Å². The zero-order valence-corrected chi connectivity index (χ0v) is 12.8. The number of hydrogen-bond acceptors (Lipinski definition) is 6. The van der Waals surface area contributed by atoms with Gasteiger partial charge in [-0.05, 0) is 18.2 Å². The molecule has 0 unspecified atom stereocenters.